The Morgan fingerprint density at radius 1 is 1.00 bits per heavy atom. The first-order chi connectivity index (χ1) is 12.0. The van der Waals surface area contributed by atoms with Crippen molar-refractivity contribution in [2.24, 2.45) is 11.1 Å². The molecule has 0 aliphatic carbocycles. The highest BCUT2D eigenvalue weighted by atomic mass is 35.5. The Hall–Kier alpha value is -0.560. The molecule has 2 aliphatic rings. The molecule has 1 unspecified atom stereocenters. The first kappa shape index (κ1) is 26.4. The van der Waals surface area contributed by atoms with Crippen molar-refractivity contribution in [3.63, 3.8) is 0 Å². The van der Waals surface area contributed by atoms with Gasteiger partial charge in [-0.1, -0.05) is 13.8 Å². The molecule has 2 heterocycles. The molecule has 2 saturated heterocycles. The highest BCUT2D eigenvalue weighted by molar-refractivity contribution is 5.85. The SMILES string of the molecule is CCC(CC)(CN)C(=O)N1CCN(CC(=O)N2CCCCC2C)CC1.Cl.Cl. The molecule has 2 N–H and O–H groups in total. The van der Waals surface area contributed by atoms with Crippen molar-refractivity contribution in [3.05, 3.63) is 0 Å². The number of hydrogen-bond donors (Lipinski definition) is 1. The quantitative estimate of drug-likeness (QED) is 0.708. The lowest BCUT2D eigenvalue weighted by Gasteiger charge is -2.41. The van der Waals surface area contributed by atoms with Crippen LogP contribution in [-0.4, -0.2) is 78.4 Å². The van der Waals surface area contributed by atoms with Crippen LogP contribution < -0.4 is 5.73 Å². The second kappa shape index (κ2) is 12.1. The van der Waals surface area contributed by atoms with Gasteiger partial charge in [0.05, 0.1) is 12.0 Å². The molecule has 0 spiro atoms. The molecular weight excluding hydrogens is 387 g/mol. The highest BCUT2D eigenvalue weighted by Gasteiger charge is 2.38. The molecule has 0 aromatic carbocycles. The number of carbonyl (C=O) groups excluding carboxylic acids is 2. The summed E-state index contributed by atoms with van der Waals surface area (Å²) in [6, 6.07) is 0.364. The van der Waals surface area contributed by atoms with E-state index in [9.17, 15) is 9.59 Å². The summed E-state index contributed by atoms with van der Waals surface area (Å²) in [5.41, 5.74) is 5.50. The zero-order valence-electron chi connectivity index (χ0n) is 17.1. The monoisotopic (exact) mass is 424 g/mol. The Kier molecular flexibility index (Phi) is 11.8. The molecule has 0 aromatic rings. The lowest BCUT2D eigenvalue weighted by molar-refractivity contribution is -0.144. The van der Waals surface area contributed by atoms with Crippen LogP contribution in [0.2, 0.25) is 0 Å². The smallest absolute Gasteiger partial charge is 0.236 e. The van der Waals surface area contributed by atoms with Crippen molar-refractivity contribution in [2.45, 2.75) is 58.9 Å². The highest BCUT2D eigenvalue weighted by Crippen LogP contribution is 2.28. The largest absolute Gasteiger partial charge is 0.340 e. The maximum Gasteiger partial charge on any atom is 0.236 e. The van der Waals surface area contributed by atoms with Gasteiger partial charge in [-0.05, 0) is 39.0 Å². The Morgan fingerprint density at radius 3 is 2.07 bits per heavy atom. The number of rotatable bonds is 6. The Morgan fingerprint density at radius 2 is 1.59 bits per heavy atom. The normalized spacial score (nSPS) is 21.3. The maximum absolute atomic E-state index is 12.9. The second-order valence-electron chi connectivity index (χ2n) is 7.69. The number of carbonyl (C=O) groups is 2. The first-order valence-corrected chi connectivity index (χ1v) is 9.98. The summed E-state index contributed by atoms with van der Waals surface area (Å²) in [6.07, 6.45) is 5.02. The van der Waals surface area contributed by atoms with Crippen LogP contribution >= 0.6 is 24.8 Å². The second-order valence-corrected chi connectivity index (χ2v) is 7.69. The van der Waals surface area contributed by atoms with E-state index in [4.69, 9.17) is 5.73 Å². The minimum absolute atomic E-state index is 0. The minimum Gasteiger partial charge on any atom is -0.340 e. The third-order valence-corrected chi connectivity index (χ3v) is 6.34. The first-order valence-electron chi connectivity index (χ1n) is 9.98. The fourth-order valence-corrected chi connectivity index (χ4v) is 4.12. The van der Waals surface area contributed by atoms with Crippen molar-refractivity contribution in [2.75, 3.05) is 45.8 Å². The molecule has 0 radical (unpaired) electrons. The molecule has 8 heteroatoms. The van der Waals surface area contributed by atoms with Gasteiger partial charge in [0, 0.05) is 45.3 Å². The Bertz CT molecular complexity index is 458. The predicted octanol–water partition coefficient (Wildman–Crippen LogP) is 2.14. The van der Waals surface area contributed by atoms with E-state index in [2.05, 4.69) is 11.8 Å². The standard InChI is InChI=1S/C19H36N4O2.2ClH/c1-4-19(5-2,15-20)18(25)22-12-10-21(11-13-22)14-17(24)23-9-7-6-8-16(23)3;;/h16H,4-15,20H2,1-3H3;2*1H. The van der Waals surface area contributed by atoms with Gasteiger partial charge in [0.1, 0.15) is 0 Å². The lowest BCUT2D eigenvalue weighted by atomic mass is 9.81. The van der Waals surface area contributed by atoms with E-state index in [0.717, 1.165) is 45.3 Å². The van der Waals surface area contributed by atoms with E-state index in [1.165, 1.54) is 6.42 Å². The number of hydrogen-bond acceptors (Lipinski definition) is 4. The van der Waals surface area contributed by atoms with Gasteiger partial charge in [-0.3, -0.25) is 14.5 Å². The molecule has 27 heavy (non-hydrogen) atoms. The fraction of sp³-hybridized carbons (Fsp3) is 0.895. The third kappa shape index (κ3) is 6.21. The number of piperazine rings is 1. The van der Waals surface area contributed by atoms with E-state index < -0.39 is 5.41 Å². The molecule has 1 atom stereocenters. The van der Waals surface area contributed by atoms with Crippen LogP contribution in [0.1, 0.15) is 52.9 Å². The molecule has 2 amide bonds. The Balaban J connectivity index is 0.00000338. The van der Waals surface area contributed by atoms with Crippen molar-refractivity contribution >= 4 is 36.6 Å². The molecule has 0 aromatic heterocycles. The number of nitrogens with zero attached hydrogens (tertiary/aromatic N) is 3. The van der Waals surface area contributed by atoms with Gasteiger partial charge >= 0.3 is 0 Å². The van der Waals surface area contributed by atoms with E-state index in [0.29, 0.717) is 32.2 Å². The molecule has 2 rings (SSSR count). The Labute approximate surface area is 177 Å². The zero-order valence-corrected chi connectivity index (χ0v) is 18.7. The number of piperidine rings is 1. The van der Waals surface area contributed by atoms with Crippen LogP contribution in [0, 0.1) is 5.41 Å². The van der Waals surface area contributed by atoms with Gasteiger partial charge in [-0.15, -0.1) is 24.8 Å². The summed E-state index contributed by atoms with van der Waals surface area (Å²) in [5.74, 6) is 0.432. The van der Waals surface area contributed by atoms with Crippen molar-refractivity contribution in [1.82, 2.24) is 14.7 Å². The number of likely N-dealkylation sites (tertiary alicyclic amines) is 1. The van der Waals surface area contributed by atoms with Crippen LogP contribution in [0.25, 0.3) is 0 Å². The van der Waals surface area contributed by atoms with Gasteiger partial charge in [0.2, 0.25) is 11.8 Å². The van der Waals surface area contributed by atoms with Crippen LogP contribution in [0.4, 0.5) is 0 Å². The van der Waals surface area contributed by atoms with Crippen molar-refractivity contribution < 1.29 is 9.59 Å². The molecule has 2 aliphatic heterocycles. The summed E-state index contributed by atoms with van der Waals surface area (Å²) in [6.45, 7) is 11.0. The van der Waals surface area contributed by atoms with Gasteiger partial charge in [0.25, 0.3) is 0 Å². The maximum atomic E-state index is 12.9. The molecule has 6 nitrogen and oxygen atoms in total. The summed E-state index contributed by atoms with van der Waals surface area (Å²) in [7, 11) is 0. The summed E-state index contributed by atoms with van der Waals surface area (Å²) in [5, 5.41) is 0. The number of amides is 2. The van der Waals surface area contributed by atoms with Gasteiger partial charge in [-0.25, -0.2) is 0 Å². The third-order valence-electron chi connectivity index (χ3n) is 6.34. The van der Waals surface area contributed by atoms with Crippen LogP contribution in [0.15, 0.2) is 0 Å². The van der Waals surface area contributed by atoms with Crippen LogP contribution in [0.3, 0.4) is 0 Å². The van der Waals surface area contributed by atoms with E-state index in [-0.39, 0.29) is 36.6 Å². The lowest BCUT2D eigenvalue weighted by Crippen LogP contribution is -2.56. The van der Waals surface area contributed by atoms with Gasteiger partial charge in [-0.2, -0.15) is 0 Å². The van der Waals surface area contributed by atoms with E-state index >= 15 is 0 Å². The average molecular weight is 425 g/mol. The van der Waals surface area contributed by atoms with Gasteiger partial charge in [0.15, 0.2) is 0 Å². The van der Waals surface area contributed by atoms with Crippen LogP contribution in [-0.2, 0) is 9.59 Å². The average Bonchev–Trinajstić information content (AvgIpc) is 2.64. The summed E-state index contributed by atoms with van der Waals surface area (Å²) in [4.78, 5) is 31.6. The van der Waals surface area contributed by atoms with Crippen molar-refractivity contribution in [1.29, 1.82) is 0 Å². The van der Waals surface area contributed by atoms with Gasteiger partial charge < -0.3 is 15.5 Å². The number of halogens is 2. The number of nitrogens with two attached hydrogens (primary N) is 1. The zero-order chi connectivity index (χ0) is 18.4. The summed E-state index contributed by atoms with van der Waals surface area (Å²) >= 11 is 0. The van der Waals surface area contributed by atoms with Crippen LogP contribution in [0.5, 0.6) is 0 Å². The molecule has 0 saturated carbocycles. The molecule has 0 bridgehead atoms. The fourth-order valence-electron chi connectivity index (χ4n) is 4.12. The topological polar surface area (TPSA) is 69.9 Å². The van der Waals surface area contributed by atoms with E-state index in [1.54, 1.807) is 0 Å². The molecular formula is C19H38Cl2N4O2. The van der Waals surface area contributed by atoms with Crippen molar-refractivity contribution in [3.8, 4) is 0 Å². The molecule has 160 valence electrons. The minimum atomic E-state index is -0.415. The van der Waals surface area contributed by atoms with E-state index in [1.807, 2.05) is 23.6 Å². The summed E-state index contributed by atoms with van der Waals surface area (Å²) < 4.78 is 0. The molecule has 2 fully saturated rings. The predicted molar refractivity (Wildman–Crippen MR) is 115 cm³/mol.